The van der Waals surface area contributed by atoms with E-state index in [9.17, 15) is 4.79 Å². The Labute approximate surface area is 122 Å². The quantitative estimate of drug-likeness (QED) is 0.770. The third-order valence-corrected chi connectivity index (χ3v) is 3.54. The number of methoxy groups -OCH3 is 1. The van der Waals surface area contributed by atoms with Crippen molar-refractivity contribution in [3.05, 3.63) is 46.7 Å². The van der Waals surface area contributed by atoms with E-state index < -0.39 is 0 Å². The number of rotatable bonds is 7. The first-order chi connectivity index (χ1) is 9.78. The molecule has 0 radical (unpaired) electrons. The summed E-state index contributed by atoms with van der Waals surface area (Å²) in [5, 5.41) is 10.1. The molecular formula is C15H18N2O2S. The van der Waals surface area contributed by atoms with Crippen molar-refractivity contribution in [1.82, 2.24) is 5.32 Å². The van der Waals surface area contributed by atoms with Crippen LogP contribution in [-0.4, -0.2) is 26.1 Å². The minimum Gasteiger partial charge on any atom is -0.497 e. The third-order valence-electron chi connectivity index (χ3n) is 2.81. The van der Waals surface area contributed by atoms with Gasteiger partial charge in [0.2, 0.25) is 5.91 Å². The van der Waals surface area contributed by atoms with Gasteiger partial charge in [0.1, 0.15) is 5.75 Å². The number of amides is 1. The fourth-order valence-corrected chi connectivity index (χ4v) is 2.48. The van der Waals surface area contributed by atoms with Gasteiger partial charge in [0.15, 0.2) is 0 Å². The second-order valence-electron chi connectivity index (χ2n) is 4.34. The van der Waals surface area contributed by atoms with Crippen LogP contribution in [0, 0.1) is 0 Å². The SMILES string of the molecule is COc1cccc(NC(=O)CNCCc2ccsc2)c1. The van der Waals surface area contributed by atoms with E-state index >= 15 is 0 Å². The van der Waals surface area contributed by atoms with Crippen LogP contribution in [0.4, 0.5) is 5.69 Å². The molecule has 0 unspecified atom stereocenters. The van der Waals surface area contributed by atoms with Gasteiger partial charge in [-0.25, -0.2) is 0 Å². The molecule has 4 nitrogen and oxygen atoms in total. The molecular weight excluding hydrogens is 272 g/mol. The standard InChI is InChI=1S/C15H18N2O2S/c1-19-14-4-2-3-13(9-14)17-15(18)10-16-7-5-12-6-8-20-11-12/h2-4,6,8-9,11,16H,5,7,10H2,1H3,(H,17,18). The molecule has 0 spiro atoms. The number of benzene rings is 1. The minimum absolute atomic E-state index is 0.0522. The van der Waals surface area contributed by atoms with E-state index in [0.717, 1.165) is 24.4 Å². The minimum atomic E-state index is -0.0522. The molecule has 2 aromatic rings. The predicted molar refractivity (Wildman–Crippen MR) is 82.5 cm³/mol. The fourth-order valence-electron chi connectivity index (χ4n) is 1.78. The van der Waals surface area contributed by atoms with Crippen LogP contribution in [0.2, 0.25) is 0 Å². The van der Waals surface area contributed by atoms with Gasteiger partial charge < -0.3 is 15.4 Å². The highest BCUT2D eigenvalue weighted by Gasteiger charge is 2.02. The second kappa shape index (κ2) is 7.67. The second-order valence-corrected chi connectivity index (χ2v) is 5.12. The van der Waals surface area contributed by atoms with Gasteiger partial charge in [0.25, 0.3) is 0 Å². The molecule has 0 atom stereocenters. The predicted octanol–water partition coefficient (Wildman–Crippen LogP) is 2.53. The number of hydrogen-bond acceptors (Lipinski definition) is 4. The lowest BCUT2D eigenvalue weighted by atomic mass is 10.2. The van der Waals surface area contributed by atoms with Crippen molar-refractivity contribution in [1.29, 1.82) is 0 Å². The van der Waals surface area contributed by atoms with E-state index in [0.29, 0.717) is 6.54 Å². The van der Waals surface area contributed by atoms with E-state index in [1.54, 1.807) is 24.5 Å². The number of anilines is 1. The van der Waals surface area contributed by atoms with Gasteiger partial charge in [-0.15, -0.1) is 0 Å². The average molecular weight is 290 g/mol. The van der Waals surface area contributed by atoms with Crippen LogP contribution in [0.15, 0.2) is 41.1 Å². The van der Waals surface area contributed by atoms with Gasteiger partial charge in [-0.05, 0) is 47.5 Å². The Balaban J connectivity index is 1.69. The maximum absolute atomic E-state index is 11.8. The van der Waals surface area contributed by atoms with Gasteiger partial charge in [-0.1, -0.05) is 6.07 Å². The van der Waals surface area contributed by atoms with E-state index in [-0.39, 0.29) is 5.91 Å². The summed E-state index contributed by atoms with van der Waals surface area (Å²) >= 11 is 1.69. The largest absolute Gasteiger partial charge is 0.497 e. The van der Waals surface area contributed by atoms with Crippen LogP contribution < -0.4 is 15.4 Å². The summed E-state index contributed by atoms with van der Waals surface area (Å²) in [7, 11) is 1.60. The highest BCUT2D eigenvalue weighted by Crippen LogP contribution is 2.16. The Morgan fingerprint density at radius 1 is 1.35 bits per heavy atom. The highest BCUT2D eigenvalue weighted by atomic mass is 32.1. The van der Waals surface area contributed by atoms with Gasteiger partial charge in [0.05, 0.1) is 13.7 Å². The first-order valence-electron chi connectivity index (χ1n) is 6.43. The molecule has 1 heterocycles. The number of hydrogen-bond donors (Lipinski definition) is 2. The molecule has 1 aromatic carbocycles. The van der Waals surface area contributed by atoms with E-state index in [4.69, 9.17) is 4.74 Å². The Morgan fingerprint density at radius 3 is 3.00 bits per heavy atom. The van der Waals surface area contributed by atoms with Gasteiger partial charge in [0, 0.05) is 11.8 Å². The summed E-state index contributed by atoms with van der Waals surface area (Å²) in [4.78, 5) is 11.8. The Morgan fingerprint density at radius 2 is 2.25 bits per heavy atom. The summed E-state index contributed by atoms with van der Waals surface area (Å²) in [6.45, 7) is 1.10. The average Bonchev–Trinajstić information content (AvgIpc) is 2.97. The molecule has 0 bridgehead atoms. The van der Waals surface area contributed by atoms with Crippen molar-refractivity contribution in [3.8, 4) is 5.75 Å². The van der Waals surface area contributed by atoms with E-state index in [1.807, 2.05) is 18.2 Å². The third kappa shape index (κ3) is 4.68. The smallest absolute Gasteiger partial charge is 0.238 e. The van der Waals surface area contributed by atoms with Gasteiger partial charge in [-0.2, -0.15) is 11.3 Å². The van der Waals surface area contributed by atoms with Crippen molar-refractivity contribution in [3.63, 3.8) is 0 Å². The maximum Gasteiger partial charge on any atom is 0.238 e. The molecule has 5 heteroatoms. The number of carbonyl (C=O) groups is 1. The van der Waals surface area contributed by atoms with Crippen molar-refractivity contribution in [2.75, 3.05) is 25.5 Å². The lowest BCUT2D eigenvalue weighted by molar-refractivity contribution is -0.115. The van der Waals surface area contributed by atoms with Crippen molar-refractivity contribution in [2.24, 2.45) is 0 Å². The molecule has 1 aromatic heterocycles. The van der Waals surface area contributed by atoms with Crippen LogP contribution in [0.5, 0.6) is 5.75 Å². The summed E-state index contributed by atoms with van der Waals surface area (Å²) in [5.74, 6) is 0.678. The van der Waals surface area contributed by atoms with Gasteiger partial charge >= 0.3 is 0 Å². The Kier molecular flexibility index (Phi) is 5.58. The summed E-state index contributed by atoms with van der Waals surface area (Å²) in [6, 6.07) is 9.42. The number of carbonyl (C=O) groups excluding carboxylic acids is 1. The van der Waals surface area contributed by atoms with Crippen LogP contribution >= 0.6 is 11.3 Å². The Bertz CT molecular complexity index is 541. The molecule has 2 N–H and O–H groups in total. The molecule has 0 aliphatic heterocycles. The zero-order valence-electron chi connectivity index (χ0n) is 11.4. The van der Waals surface area contributed by atoms with E-state index in [1.165, 1.54) is 5.56 Å². The lowest BCUT2D eigenvalue weighted by Crippen LogP contribution is -2.29. The molecule has 0 aliphatic rings. The van der Waals surface area contributed by atoms with Crippen molar-refractivity contribution in [2.45, 2.75) is 6.42 Å². The van der Waals surface area contributed by atoms with Crippen LogP contribution in [0.25, 0.3) is 0 Å². The molecule has 2 rings (SSSR count). The maximum atomic E-state index is 11.8. The first-order valence-corrected chi connectivity index (χ1v) is 7.38. The molecule has 1 amide bonds. The summed E-state index contributed by atoms with van der Waals surface area (Å²) < 4.78 is 5.11. The van der Waals surface area contributed by atoms with E-state index in [2.05, 4.69) is 27.5 Å². The zero-order valence-corrected chi connectivity index (χ0v) is 12.2. The number of nitrogens with one attached hydrogen (secondary N) is 2. The monoisotopic (exact) mass is 290 g/mol. The normalized spacial score (nSPS) is 10.2. The summed E-state index contributed by atoms with van der Waals surface area (Å²) in [5.41, 5.74) is 2.05. The molecule has 0 saturated carbocycles. The topological polar surface area (TPSA) is 50.4 Å². The number of ether oxygens (including phenoxy) is 1. The lowest BCUT2D eigenvalue weighted by Gasteiger charge is -2.07. The fraction of sp³-hybridized carbons (Fsp3) is 0.267. The van der Waals surface area contributed by atoms with Crippen molar-refractivity contribution < 1.29 is 9.53 Å². The molecule has 0 saturated heterocycles. The molecule has 20 heavy (non-hydrogen) atoms. The first kappa shape index (κ1) is 14.6. The van der Waals surface area contributed by atoms with Crippen molar-refractivity contribution >= 4 is 22.9 Å². The zero-order chi connectivity index (χ0) is 14.2. The highest BCUT2D eigenvalue weighted by molar-refractivity contribution is 7.07. The molecule has 0 fully saturated rings. The molecule has 0 aliphatic carbocycles. The van der Waals surface area contributed by atoms with Crippen LogP contribution in [0.3, 0.4) is 0 Å². The Hall–Kier alpha value is -1.85. The summed E-state index contributed by atoms with van der Waals surface area (Å²) in [6.07, 6.45) is 0.940. The van der Waals surface area contributed by atoms with Gasteiger partial charge in [-0.3, -0.25) is 4.79 Å². The number of thiophene rings is 1. The van der Waals surface area contributed by atoms with Crippen LogP contribution in [-0.2, 0) is 11.2 Å². The molecule has 106 valence electrons. The van der Waals surface area contributed by atoms with Crippen LogP contribution in [0.1, 0.15) is 5.56 Å².